The number of nitrogens with two attached hydrogens (primary N) is 1. The molecule has 5 nitrogen and oxygen atoms in total. The summed E-state index contributed by atoms with van der Waals surface area (Å²) in [7, 11) is 1.58. The Labute approximate surface area is 170 Å². The fraction of sp³-hybridized carbons (Fsp3) is 0.250. The normalized spacial score (nSPS) is 13.0. The predicted octanol–water partition coefficient (Wildman–Crippen LogP) is 4.35. The molecule has 2 N–H and O–H groups in total. The largest absolute Gasteiger partial charge is 0.497 e. The molecule has 150 valence electrons. The minimum absolute atomic E-state index is 0.144. The van der Waals surface area contributed by atoms with Gasteiger partial charge in [-0.05, 0) is 41.0 Å². The van der Waals surface area contributed by atoms with Crippen LogP contribution < -0.4 is 15.2 Å². The Hall–Kier alpha value is -3.18. The van der Waals surface area contributed by atoms with E-state index in [1.807, 2.05) is 37.3 Å². The Bertz CT molecular complexity index is 1040. The quantitative estimate of drug-likeness (QED) is 0.479. The van der Waals surface area contributed by atoms with E-state index in [4.69, 9.17) is 15.2 Å². The van der Waals surface area contributed by atoms with Gasteiger partial charge in [0.05, 0.1) is 7.11 Å². The van der Waals surface area contributed by atoms with E-state index >= 15 is 0 Å². The summed E-state index contributed by atoms with van der Waals surface area (Å²) in [5.41, 5.74) is 6.55. The Kier molecular flexibility index (Phi) is 5.99. The summed E-state index contributed by atoms with van der Waals surface area (Å²) in [5, 5.41) is 1.68. The maximum atomic E-state index is 13.4. The van der Waals surface area contributed by atoms with Crippen molar-refractivity contribution >= 4 is 22.5 Å². The lowest BCUT2D eigenvalue weighted by atomic mass is 9.76. The van der Waals surface area contributed by atoms with E-state index < -0.39 is 11.5 Å². The van der Waals surface area contributed by atoms with Gasteiger partial charge in [-0.15, -0.1) is 0 Å². The number of hydrogen-bond acceptors (Lipinski definition) is 5. The molecule has 0 amide bonds. The standard InChI is InChI=1S/C24H25NO4/c1-4-7-22(27)24(25,18-11-13-19(28-3)14-12-18)23-20-9-6-5-8-17(20)10-15-21(23)29-16(2)26/h5-6,8-15H,4,7,25H2,1-3H3. The third-order valence-electron chi connectivity index (χ3n) is 5.00. The van der Waals surface area contributed by atoms with Crippen LogP contribution in [0.25, 0.3) is 10.8 Å². The Balaban J connectivity index is 2.36. The van der Waals surface area contributed by atoms with Gasteiger partial charge in [-0.1, -0.05) is 49.4 Å². The molecule has 3 rings (SSSR count). The van der Waals surface area contributed by atoms with Gasteiger partial charge in [0.15, 0.2) is 5.78 Å². The van der Waals surface area contributed by atoms with Gasteiger partial charge < -0.3 is 15.2 Å². The molecule has 29 heavy (non-hydrogen) atoms. The van der Waals surface area contributed by atoms with Crippen molar-refractivity contribution in [1.82, 2.24) is 0 Å². The van der Waals surface area contributed by atoms with Gasteiger partial charge >= 0.3 is 5.97 Å². The molecule has 0 aliphatic heterocycles. The van der Waals surface area contributed by atoms with Crippen molar-refractivity contribution in [3.05, 3.63) is 71.8 Å². The first-order valence-corrected chi connectivity index (χ1v) is 9.59. The van der Waals surface area contributed by atoms with E-state index in [-0.39, 0.29) is 5.78 Å². The van der Waals surface area contributed by atoms with E-state index in [1.165, 1.54) is 6.92 Å². The van der Waals surface area contributed by atoms with Gasteiger partial charge in [0.1, 0.15) is 17.0 Å². The minimum atomic E-state index is -1.48. The number of carbonyl (C=O) groups is 2. The van der Waals surface area contributed by atoms with Gasteiger partial charge in [-0.25, -0.2) is 0 Å². The Morgan fingerprint density at radius 2 is 1.69 bits per heavy atom. The van der Waals surface area contributed by atoms with Crippen molar-refractivity contribution in [2.45, 2.75) is 32.2 Å². The number of ether oxygens (including phenoxy) is 2. The third-order valence-corrected chi connectivity index (χ3v) is 5.00. The SMILES string of the molecule is CCCC(=O)C(N)(c1ccc(OC)cc1)c1c(OC(C)=O)ccc2ccccc12. The number of methoxy groups -OCH3 is 1. The van der Waals surface area contributed by atoms with Crippen LogP contribution in [0.15, 0.2) is 60.7 Å². The lowest BCUT2D eigenvalue weighted by molar-refractivity contribution is -0.132. The molecule has 5 heteroatoms. The van der Waals surface area contributed by atoms with Crippen LogP contribution in [0.3, 0.4) is 0 Å². The Morgan fingerprint density at radius 3 is 2.31 bits per heavy atom. The molecule has 0 aliphatic carbocycles. The highest BCUT2D eigenvalue weighted by molar-refractivity contribution is 6.01. The second-order valence-electron chi connectivity index (χ2n) is 6.96. The second kappa shape index (κ2) is 8.45. The summed E-state index contributed by atoms with van der Waals surface area (Å²) in [6.07, 6.45) is 0.951. The molecular formula is C24H25NO4. The summed E-state index contributed by atoms with van der Waals surface area (Å²) in [6, 6.07) is 18.3. The summed E-state index contributed by atoms with van der Waals surface area (Å²) in [6.45, 7) is 3.26. The van der Waals surface area contributed by atoms with Crippen molar-refractivity contribution in [1.29, 1.82) is 0 Å². The lowest BCUT2D eigenvalue weighted by Gasteiger charge is -2.32. The summed E-state index contributed by atoms with van der Waals surface area (Å²) >= 11 is 0. The number of fused-ring (bicyclic) bond motifs is 1. The predicted molar refractivity (Wildman–Crippen MR) is 113 cm³/mol. The third kappa shape index (κ3) is 3.87. The molecule has 1 atom stereocenters. The average Bonchev–Trinajstić information content (AvgIpc) is 2.73. The van der Waals surface area contributed by atoms with Crippen molar-refractivity contribution in [3.63, 3.8) is 0 Å². The van der Waals surface area contributed by atoms with E-state index in [1.54, 1.807) is 37.4 Å². The monoisotopic (exact) mass is 391 g/mol. The molecule has 0 saturated carbocycles. The van der Waals surface area contributed by atoms with Gasteiger partial charge in [-0.2, -0.15) is 0 Å². The van der Waals surface area contributed by atoms with Crippen molar-refractivity contribution in [2.24, 2.45) is 5.73 Å². The van der Waals surface area contributed by atoms with Gasteiger partial charge in [0, 0.05) is 18.9 Å². The molecule has 0 bridgehead atoms. The average molecular weight is 391 g/mol. The summed E-state index contributed by atoms with van der Waals surface area (Å²) in [5.74, 6) is 0.340. The minimum Gasteiger partial charge on any atom is -0.497 e. The van der Waals surface area contributed by atoms with Gasteiger partial charge in [-0.3, -0.25) is 9.59 Å². The fourth-order valence-electron chi connectivity index (χ4n) is 3.62. The van der Waals surface area contributed by atoms with E-state index in [2.05, 4.69) is 0 Å². The topological polar surface area (TPSA) is 78.6 Å². The molecule has 0 fully saturated rings. The molecule has 3 aromatic rings. The number of ketones is 1. The number of benzene rings is 3. The van der Waals surface area contributed by atoms with Crippen molar-refractivity contribution < 1.29 is 19.1 Å². The van der Waals surface area contributed by atoms with E-state index in [9.17, 15) is 9.59 Å². The molecule has 0 saturated heterocycles. The van der Waals surface area contributed by atoms with E-state index in [0.717, 1.165) is 10.8 Å². The molecule has 0 spiro atoms. The zero-order valence-corrected chi connectivity index (χ0v) is 16.9. The van der Waals surface area contributed by atoms with Crippen LogP contribution in [0.1, 0.15) is 37.8 Å². The molecule has 0 aromatic heterocycles. The Morgan fingerprint density at radius 1 is 1.00 bits per heavy atom. The zero-order valence-electron chi connectivity index (χ0n) is 16.9. The van der Waals surface area contributed by atoms with Crippen LogP contribution in [0.4, 0.5) is 0 Å². The molecule has 3 aromatic carbocycles. The summed E-state index contributed by atoms with van der Waals surface area (Å²) < 4.78 is 10.7. The van der Waals surface area contributed by atoms with Gasteiger partial charge in [0.2, 0.25) is 0 Å². The highest BCUT2D eigenvalue weighted by Gasteiger charge is 2.41. The first-order valence-electron chi connectivity index (χ1n) is 9.59. The van der Waals surface area contributed by atoms with Crippen molar-refractivity contribution in [3.8, 4) is 11.5 Å². The van der Waals surface area contributed by atoms with E-state index in [0.29, 0.717) is 35.5 Å². The number of esters is 1. The van der Waals surface area contributed by atoms with Crippen LogP contribution in [0.2, 0.25) is 0 Å². The fourth-order valence-corrected chi connectivity index (χ4v) is 3.62. The lowest BCUT2D eigenvalue weighted by Crippen LogP contribution is -2.46. The summed E-state index contributed by atoms with van der Waals surface area (Å²) in [4.78, 5) is 25.2. The number of rotatable bonds is 7. The van der Waals surface area contributed by atoms with Crippen LogP contribution in [0, 0.1) is 0 Å². The van der Waals surface area contributed by atoms with Crippen LogP contribution in [0.5, 0.6) is 11.5 Å². The van der Waals surface area contributed by atoms with Crippen LogP contribution in [-0.4, -0.2) is 18.9 Å². The second-order valence-corrected chi connectivity index (χ2v) is 6.96. The number of carbonyl (C=O) groups excluding carboxylic acids is 2. The maximum Gasteiger partial charge on any atom is 0.308 e. The number of Topliss-reactive ketones (excluding diaryl/α,β-unsaturated/α-hetero) is 1. The first kappa shape index (κ1) is 20.6. The smallest absolute Gasteiger partial charge is 0.308 e. The zero-order chi connectivity index (χ0) is 21.0. The molecule has 0 radical (unpaired) electrons. The number of hydrogen-bond donors (Lipinski definition) is 1. The molecule has 1 unspecified atom stereocenters. The van der Waals surface area contributed by atoms with Crippen LogP contribution >= 0.6 is 0 Å². The molecule has 0 aliphatic rings. The first-order chi connectivity index (χ1) is 13.9. The highest BCUT2D eigenvalue weighted by atomic mass is 16.5. The molecule has 0 heterocycles. The highest BCUT2D eigenvalue weighted by Crippen LogP contribution is 2.41. The van der Waals surface area contributed by atoms with Gasteiger partial charge in [0.25, 0.3) is 0 Å². The van der Waals surface area contributed by atoms with Crippen molar-refractivity contribution in [2.75, 3.05) is 7.11 Å². The van der Waals surface area contributed by atoms with Crippen LogP contribution in [-0.2, 0) is 15.1 Å². The maximum absolute atomic E-state index is 13.4. The molecular weight excluding hydrogens is 366 g/mol.